The predicted octanol–water partition coefficient (Wildman–Crippen LogP) is 3.05. The third kappa shape index (κ3) is 4.40. The molecule has 33 heavy (non-hydrogen) atoms. The number of H-pyrrole nitrogens is 2. The maximum Gasteiger partial charge on any atom is 0.306 e. The highest BCUT2D eigenvalue weighted by Gasteiger charge is 2.17. The fourth-order valence-corrected chi connectivity index (χ4v) is 3.59. The molecule has 2 heterocycles. The first-order valence-corrected chi connectivity index (χ1v) is 10.4. The number of benzene rings is 2. The Morgan fingerprint density at radius 3 is 2.61 bits per heavy atom. The van der Waals surface area contributed by atoms with Crippen molar-refractivity contribution in [2.45, 2.75) is 20.3 Å². The molecule has 10 nitrogen and oxygen atoms in total. The summed E-state index contributed by atoms with van der Waals surface area (Å²) < 4.78 is 11.3. The Morgan fingerprint density at radius 2 is 1.88 bits per heavy atom. The molecule has 0 saturated carbocycles. The zero-order chi connectivity index (χ0) is 23.5. The number of fused-ring (bicyclic) bond motifs is 1. The summed E-state index contributed by atoms with van der Waals surface area (Å²) in [6.45, 7) is 3.94. The van der Waals surface area contributed by atoms with E-state index in [2.05, 4.69) is 25.4 Å². The summed E-state index contributed by atoms with van der Waals surface area (Å²) in [4.78, 5) is 30.8. The van der Waals surface area contributed by atoms with E-state index >= 15 is 0 Å². The number of hydrogen-bond acceptors (Lipinski definition) is 7. The van der Waals surface area contributed by atoms with Crippen molar-refractivity contribution in [3.05, 3.63) is 52.3 Å². The number of aliphatic carboxylic acids is 1. The smallest absolute Gasteiger partial charge is 0.306 e. The number of aromatic nitrogens is 5. The summed E-state index contributed by atoms with van der Waals surface area (Å²) in [7, 11) is 1.56. The van der Waals surface area contributed by atoms with Crippen molar-refractivity contribution >= 4 is 17.1 Å². The highest BCUT2D eigenvalue weighted by Crippen LogP contribution is 2.35. The predicted molar refractivity (Wildman–Crippen MR) is 121 cm³/mol. The third-order valence-corrected chi connectivity index (χ3v) is 5.29. The Labute approximate surface area is 188 Å². The highest BCUT2D eigenvalue weighted by molar-refractivity contribution is 5.77. The van der Waals surface area contributed by atoms with Crippen molar-refractivity contribution in [1.82, 2.24) is 25.4 Å². The van der Waals surface area contributed by atoms with Gasteiger partial charge in [-0.25, -0.2) is 4.98 Å². The number of nitrogens with zero attached hydrogens (tertiary/aromatic N) is 3. The van der Waals surface area contributed by atoms with Gasteiger partial charge in [0.15, 0.2) is 5.52 Å². The molecule has 170 valence electrons. The number of carbonyl (C=O) groups is 1. The summed E-state index contributed by atoms with van der Waals surface area (Å²) in [5, 5.41) is 19.4. The molecule has 1 atom stereocenters. The van der Waals surface area contributed by atoms with Crippen LogP contribution in [0.4, 0.5) is 0 Å². The second-order valence-electron chi connectivity index (χ2n) is 7.52. The van der Waals surface area contributed by atoms with Crippen LogP contribution in [0.15, 0.2) is 41.2 Å². The lowest BCUT2D eigenvalue weighted by Crippen LogP contribution is -2.12. The molecule has 10 heteroatoms. The zero-order valence-corrected chi connectivity index (χ0v) is 18.4. The van der Waals surface area contributed by atoms with Gasteiger partial charge in [0.05, 0.1) is 25.2 Å². The van der Waals surface area contributed by atoms with Crippen LogP contribution >= 0.6 is 0 Å². The van der Waals surface area contributed by atoms with Crippen LogP contribution in [0, 0.1) is 5.92 Å². The zero-order valence-electron chi connectivity index (χ0n) is 18.4. The topological polar surface area (TPSA) is 143 Å². The number of rotatable bonds is 8. The maximum atomic E-state index is 12.3. The van der Waals surface area contributed by atoms with Gasteiger partial charge in [0.1, 0.15) is 17.3 Å². The van der Waals surface area contributed by atoms with Gasteiger partial charge in [-0.05, 0) is 54.3 Å². The summed E-state index contributed by atoms with van der Waals surface area (Å²) in [6, 6.07) is 11.2. The van der Waals surface area contributed by atoms with Crippen molar-refractivity contribution in [2.24, 2.45) is 5.92 Å². The van der Waals surface area contributed by atoms with E-state index in [9.17, 15) is 14.7 Å². The second-order valence-corrected chi connectivity index (χ2v) is 7.52. The molecule has 2 aromatic carbocycles. The molecule has 0 aliphatic heterocycles. The largest absolute Gasteiger partial charge is 0.496 e. The van der Waals surface area contributed by atoms with Crippen LogP contribution in [-0.4, -0.2) is 50.2 Å². The molecule has 0 aliphatic rings. The molecular weight excluding hydrogens is 426 g/mol. The standard InChI is InChI=1S/C23H23N5O5/c1-4-33-18-11-14(13-6-8-17(32-3)15(10-13)9-12(2)23(30)31)5-7-16(18)20-24-21-19(22(29)25-20)26-28-27-21/h5-8,10-12H,4,9H2,1-3H3,(H,30,31)(H2,24,25,26,27,28,29). The lowest BCUT2D eigenvalue weighted by atomic mass is 9.95. The molecule has 0 saturated heterocycles. The SMILES string of the molecule is CCOc1cc(-c2ccc(OC)c(CC(C)C(=O)O)c2)ccc1-c1nc2n[nH]nc2c(=O)[nH]1. The Bertz CT molecular complexity index is 1380. The number of carboxylic acids is 1. The molecule has 2 aromatic heterocycles. The third-order valence-electron chi connectivity index (χ3n) is 5.29. The van der Waals surface area contributed by atoms with Gasteiger partial charge in [-0.3, -0.25) is 9.59 Å². The number of carboxylic acid groups (broad SMARTS) is 1. The van der Waals surface area contributed by atoms with Gasteiger partial charge >= 0.3 is 5.97 Å². The minimum Gasteiger partial charge on any atom is -0.496 e. The lowest BCUT2D eigenvalue weighted by Gasteiger charge is -2.15. The second kappa shape index (κ2) is 9.11. The van der Waals surface area contributed by atoms with Gasteiger partial charge in [-0.15, -0.1) is 10.2 Å². The first kappa shape index (κ1) is 22.0. The van der Waals surface area contributed by atoms with Crippen LogP contribution in [0.5, 0.6) is 11.5 Å². The molecular formula is C23H23N5O5. The molecule has 0 radical (unpaired) electrons. The summed E-state index contributed by atoms with van der Waals surface area (Å²) in [6.07, 6.45) is 0.339. The number of nitrogens with one attached hydrogen (secondary N) is 2. The average molecular weight is 449 g/mol. The van der Waals surface area contributed by atoms with E-state index in [0.717, 1.165) is 16.7 Å². The van der Waals surface area contributed by atoms with Crippen LogP contribution in [0.1, 0.15) is 19.4 Å². The normalized spacial score (nSPS) is 12.0. The quantitative estimate of drug-likeness (QED) is 0.372. The minimum absolute atomic E-state index is 0.134. The fraction of sp³-hybridized carbons (Fsp3) is 0.261. The summed E-state index contributed by atoms with van der Waals surface area (Å²) >= 11 is 0. The van der Waals surface area contributed by atoms with E-state index in [1.54, 1.807) is 14.0 Å². The first-order chi connectivity index (χ1) is 15.9. The number of aromatic amines is 2. The Kier molecular flexibility index (Phi) is 6.07. The summed E-state index contributed by atoms with van der Waals surface area (Å²) in [5.74, 6) is 0.0800. The molecule has 0 bridgehead atoms. The fourth-order valence-electron chi connectivity index (χ4n) is 3.59. The first-order valence-electron chi connectivity index (χ1n) is 10.4. The van der Waals surface area contributed by atoms with E-state index in [1.807, 2.05) is 43.3 Å². The highest BCUT2D eigenvalue weighted by atomic mass is 16.5. The maximum absolute atomic E-state index is 12.3. The van der Waals surface area contributed by atoms with Crippen LogP contribution < -0.4 is 15.0 Å². The Morgan fingerprint density at radius 1 is 1.12 bits per heavy atom. The molecule has 1 unspecified atom stereocenters. The molecule has 4 rings (SSSR count). The van der Waals surface area contributed by atoms with Gasteiger partial charge in [-0.1, -0.05) is 19.1 Å². The molecule has 0 spiro atoms. The van der Waals surface area contributed by atoms with Crippen LogP contribution in [0.25, 0.3) is 33.7 Å². The number of methoxy groups -OCH3 is 1. The average Bonchev–Trinajstić information content (AvgIpc) is 3.28. The van der Waals surface area contributed by atoms with Crippen LogP contribution in [0.2, 0.25) is 0 Å². The molecule has 0 amide bonds. The van der Waals surface area contributed by atoms with Crippen LogP contribution in [0.3, 0.4) is 0 Å². The van der Waals surface area contributed by atoms with Gasteiger partial charge in [0, 0.05) is 0 Å². The van der Waals surface area contributed by atoms with E-state index in [4.69, 9.17) is 9.47 Å². The monoisotopic (exact) mass is 449 g/mol. The van der Waals surface area contributed by atoms with Gasteiger partial charge in [-0.2, -0.15) is 5.21 Å². The minimum atomic E-state index is -0.865. The van der Waals surface area contributed by atoms with Gasteiger partial charge in [0.25, 0.3) is 5.56 Å². The lowest BCUT2D eigenvalue weighted by molar-refractivity contribution is -0.141. The molecule has 4 aromatic rings. The van der Waals surface area contributed by atoms with Crippen molar-refractivity contribution in [1.29, 1.82) is 0 Å². The van der Waals surface area contributed by atoms with Crippen molar-refractivity contribution in [3.8, 4) is 34.0 Å². The van der Waals surface area contributed by atoms with Crippen molar-refractivity contribution in [2.75, 3.05) is 13.7 Å². The van der Waals surface area contributed by atoms with Crippen molar-refractivity contribution in [3.63, 3.8) is 0 Å². The Balaban J connectivity index is 1.77. The van der Waals surface area contributed by atoms with E-state index in [0.29, 0.717) is 35.9 Å². The van der Waals surface area contributed by atoms with Gasteiger partial charge in [0.2, 0.25) is 5.65 Å². The van der Waals surface area contributed by atoms with Crippen LogP contribution in [-0.2, 0) is 11.2 Å². The van der Waals surface area contributed by atoms with Crippen molar-refractivity contribution < 1.29 is 19.4 Å². The number of hydrogen-bond donors (Lipinski definition) is 3. The Hall–Kier alpha value is -4.21. The molecule has 3 N–H and O–H groups in total. The molecule has 0 fully saturated rings. The van der Waals surface area contributed by atoms with Gasteiger partial charge < -0.3 is 19.6 Å². The molecule has 0 aliphatic carbocycles. The van der Waals surface area contributed by atoms with E-state index in [1.165, 1.54) is 0 Å². The summed E-state index contributed by atoms with van der Waals surface area (Å²) in [5.41, 5.74) is 3.10. The van der Waals surface area contributed by atoms with E-state index < -0.39 is 17.4 Å². The number of ether oxygens (including phenoxy) is 2. The van der Waals surface area contributed by atoms with E-state index in [-0.39, 0.29) is 11.2 Å².